The van der Waals surface area contributed by atoms with E-state index in [9.17, 15) is 0 Å². The highest BCUT2D eigenvalue weighted by molar-refractivity contribution is 9.10. The van der Waals surface area contributed by atoms with Crippen LogP contribution in [0.2, 0.25) is 0 Å². The highest BCUT2D eigenvalue weighted by Gasteiger charge is 2.10. The van der Waals surface area contributed by atoms with E-state index in [4.69, 9.17) is 0 Å². The number of nitrogens with one attached hydrogen (secondary N) is 2. The van der Waals surface area contributed by atoms with Crippen LogP contribution in [0, 0.1) is 6.92 Å². The van der Waals surface area contributed by atoms with Gasteiger partial charge in [0.1, 0.15) is 11.5 Å². The van der Waals surface area contributed by atoms with Crippen molar-refractivity contribution in [2.45, 2.75) is 13.3 Å². The average molecular weight is 300 g/mol. The van der Waals surface area contributed by atoms with Crippen molar-refractivity contribution in [3.8, 4) is 10.6 Å². The number of aryl methyl sites for hydroxylation is 1. The van der Waals surface area contributed by atoms with Crippen LogP contribution in [-0.4, -0.2) is 23.6 Å². The van der Waals surface area contributed by atoms with Crippen LogP contribution in [0.5, 0.6) is 0 Å². The lowest BCUT2D eigenvalue weighted by molar-refractivity contribution is 0.763. The molecule has 2 rings (SSSR count). The van der Waals surface area contributed by atoms with E-state index in [-0.39, 0.29) is 0 Å². The third-order valence-corrected chi connectivity index (χ3v) is 4.04. The Labute approximate surface area is 107 Å². The number of halogens is 1. The Bertz CT molecular complexity index is 475. The fourth-order valence-corrected chi connectivity index (χ4v) is 3.04. The molecule has 0 aliphatic heterocycles. The molecule has 86 valence electrons. The van der Waals surface area contributed by atoms with E-state index >= 15 is 0 Å². The Kier molecular flexibility index (Phi) is 3.78. The predicted molar refractivity (Wildman–Crippen MR) is 72.0 cm³/mol. The van der Waals surface area contributed by atoms with Gasteiger partial charge < -0.3 is 10.3 Å². The summed E-state index contributed by atoms with van der Waals surface area (Å²) >= 11 is 5.17. The summed E-state index contributed by atoms with van der Waals surface area (Å²) in [5.74, 6) is 1.05. The topological polar surface area (TPSA) is 40.7 Å². The molecule has 0 unspecified atom stereocenters. The van der Waals surface area contributed by atoms with Gasteiger partial charge in [0, 0.05) is 28.5 Å². The number of nitrogens with zero attached hydrogens (tertiary/aromatic N) is 1. The maximum absolute atomic E-state index is 4.62. The summed E-state index contributed by atoms with van der Waals surface area (Å²) in [7, 11) is 1.95. The van der Waals surface area contributed by atoms with E-state index < -0.39 is 0 Å². The van der Waals surface area contributed by atoms with Crippen molar-refractivity contribution in [1.29, 1.82) is 0 Å². The van der Waals surface area contributed by atoms with Crippen LogP contribution in [0.15, 0.2) is 15.9 Å². The van der Waals surface area contributed by atoms with Crippen molar-refractivity contribution >= 4 is 27.3 Å². The number of thiophene rings is 1. The van der Waals surface area contributed by atoms with Crippen molar-refractivity contribution < 1.29 is 0 Å². The van der Waals surface area contributed by atoms with Crippen LogP contribution in [0.4, 0.5) is 0 Å². The van der Waals surface area contributed by atoms with Crippen molar-refractivity contribution in [2.24, 2.45) is 0 Å². The van der Waals surface area contributed by atoms with Crippen LogP contribution < -0.4 is 5.32 Å². The Hall–Kier alpha value is -0.650. The first-order valence-electron chi connectivity index (χ1n) is 5.15. The first-order chi connectivity index (χ1) is 7.70. The summed E-state index contributed by atoms with van der Waals surface area (Å²) in [5, 5.41) is 5.20. The van der Waals surface area contributed by atoms with E-state index in [1.807, 2.05) is 7.05 Å². The largest absolute Gasteiger partial charge is 0.346 e. The summed E-state index contributed by atoms with van der Waals surface area (Å²) in [6.07, 6.45) is 0.934. The van der Waals surface area contributed by atoms with E-state index in [0.29, 0.717) is 0 Å². The Morgan fingerprint density at radius 1 is 1.56 bits per heavy atom. The zero-order valence-electron chi connectivity index (χ0n) is 9.30. The number of hydrogen-bond donors (Lipinski definition) is 2. The van der Waals surface area contributed by atoms with E-state index in [1.54, 1.807) is 11.3 Å². The predicted octanol–water partition coefficient (Wildman–Crippen LogP) is 2.97. The Morgan fingerprint density at radius 2 is 2.38 bits per heavy atom. The monoisotopic (exact) mass is 299 g/mol. The minimum Gasteiger partial charge on any atom is -0.346 e. The molecule has 16 heavy (non-hydrogen) atoms. The fraction of sp³-hybridized carbons (Fsp3) is 0.364. The maximum Gasteiger partial charge on any atom is 0.108 e. The number of H-pyrrole nitrogens is 1. The zero-order chi connectivity index (χ0) is 11.5. The molecule has 0 atom stereocenters. The van der Waals surface area contributed by atoms with E-state index in [2.05, 4.69) is 49.6 Å². The van der Waals surface area contributed by atoms with Gasteiger partial charge in [-0.15, -0.1) is 11.3 Å². The number of aromatic nitrogens is 2. The first-order valence-corrected chi connectivity index (χ1v) is 6.82. The second-order valence-electron chi connectivity index (χ2n) is 3.64. The molecule has 2 aromatic heterocycles. The summed E-state index contributed by atoms with van der Waals surface area (Å²) in [4.78, 5) is 9.16. The molecule has 0 aromatic carbocycles. The van der Waals surface area contributed by atoms with Crippen molar-refractivity contribution in [3.05, 3.63) is 27.4 Å². The molecule has 2 heterocycles. The summed E-state index contributed by atoms with van der Waals surface area (Å²) in [5.41, 5.74) is 2.21. The van der Waals surface area contributed by atoms with Crippen LogP contribution in [0.25, 0.3) is 10.6 Å². The molecule has 0 amide bonds. The van der Waals surface area contributed by atoms with Crippen LogP contribution >= 0.6 is 27.3 Å². The average Bonchev–Trinajstić information content (AvgIpc) is 2.82. The second kappa shape index (κ2) is 5.12. The van der Waals surface area contributed by atoms with Crippen molar-refractivity contribution in [2.75, 3.05) is 13.6 Å². The van der Waals surface area contributed by atoms with Gasteiger partial charge in [0.2, 0.25) is 0 Å². The third kappa shape index (κ3) is 2.53. The standard InChI is InChI=1S/C11H14BrN3S/c1-7-11(9-5-8(12)6-16-9)15-10(14-7)3-4-13-2/h5-6,13H,3-4H2,1-2H3,(H,14,15). The lowest BCUT2D eigenvalue weighted by atomic mass is 10.3. The van der Waals surface area contributed by atoms with Gasteiger partial charge in [-0.3, -0.25) is 0 Å². The molecule has 0 fully saturated rings. The highest BCUT2D eigenvalue weighted by atomic mass is 79.9. The molecular weight excluding hydrogens is 286 g/mol. The summed E-state index contributed by atoms with van der Waals surface area (Å²) in [6, 6.07) is 2.11. The van der Waals surface area contributed by atoms with Gasteiger partial charge in [-0.1, -0.05) is 0 Å². The lowest BCUT2D eigenvalue weighted by Crippen LogP contribution is -2.11. The Morgan fingerprint density at radius 3 is 3.00 bits per heavy atom. The number of rotatable bonds is 4. The molecule has 5 heteroatoms. The van der Waals surface area contributed by atoms with Gasteiger partial charge >= 0.3 is 0 Å². The van der Waals surface area contributed by atoms with Gasteiger partial charge in [-0.2, -0.15) is 0 Å². The molecule has 0 bridgehead atoms. The maximum atomic E-state index is 4.62. The number of hydrogen-bond acceptors (Lipinski definition) is 3. The van der Waals surface area contributed by atoms with Crippen LogP contribution in [0.1, 0.15) is 11.5 Å². The first kappa shape index (κ1) is 11.8. The molecule has 0 saturated carbocycles. The number of imidazole rings is 1. The highest BCUT2D eigenvalue weighted by Crippen LogP contribution is 2.30. The second-order valence-corrected chi connectivity index (χ2v) is 5.47. The molecule has 0 spiro atoms. The lowest BCUT2D eigenvalue weighted by Gasteiger charge is -1.93. The van der Waals surface area contributed by atoms with Gasteiger partial charge in [-0.25, -0.2) is 4.98 Å². The number of likely N-dealkylation sites (N-methyl/N-ethyl adjacent to an activating group) is 1. The summed E-state index contributed by atoms with van der Waals surface area (Å²) in [6.45, 7) is 3.01. The summed E-state index contributed by atoms with van der Waals surface area (Å²) < 4.78 is 1.12. The molecule has 2 aromatic rings. The van der Waals surface area contributed by atoms with Crippen LogP contribution in [-0.2, 0) is 6.42 Å². The van der Waals surface area contributed by atoms with Gasteiger partial charge in [0.15, 0.2) is 0 Å². The fourth-order valence-electron chi connectivity index (χ4n) is 1.56. The Balaban J connectivity index is 2.24. The van der Waals surface area contributed by atoms with Crippen LogP contribution in [0.3, 0.4) is 0 Å². The molecule has 0 saturated heterocycles. The molecule has 0 radical (unpaired) electrons. The molecule has 0 aliphatic rings. The van der Waals surface area contributed by atoms with Crippen molar-refractivity contribution in [3.63, 3.8) is 0 Å². The SMILES string of the molecule is CNCCc1nc(-c2cc(Br)cs2)c(C)[nH]1. The zero-order valence-corrected chi connectivity index (χ0v) is 11.7. The van der Waals surface area contributed by atoms with Gasteiger partial charge in [0.25, 0.3) is 0 Å². The minimum atomic E-state index is 0.934. The van der Waals surface area contributed by atoms with Crippen molar-refractivity contribution in [1.82, 2.24) is 15.3 Å². The van der Waals surface area contributed by atoms with E-state index in [1.165, 1.54) is 4.88 Å². The van der Waals surface area contributed by atoms with Gasteiger partial charge in [-0.05, 0) is 36.0 Å². The smallest absolute Gasteiger partial charge is 0.108 e. The quantitative estimate of drug-likeness (QED) is 0.911. The molecule has 0 aliphatic carbocycles. The molecule has 2 N–H and O–H groups in total. The minimum absolute atomic E-state index is 0.934. The normalized spacial score (nSPS) is 10.9. The third-order valence-electron chi connectivity index (χ3n) is 2.35. The van der Waals surface area contributed by atoms with Gasteiger partial charge in [0.05, 0.1) is 4.88 Å². The van der Waals surface area contributed by atoms with E-state index in [0.717, 1.165) is 34.7 Å². The number of aromatic amines is 1. The molecule has 3 nitrogen and oxygen atoms in total. The molecular formula is C11H14BrN3S.